The molecule has 19 heavy (non-hydrogen) atoms. The maximum Gasteiger partial charge on any atom is 0.313 e. The summed E-state index contributed by atoms with van der Waals surface area (Å²) in [5, 5.41) is 1.76. The summed E-state index contributed by atoms with van der Waals surface area (Å²) in [6, 6.07) is 9.81. The van der Waals surface area contributed by atoms with Crippen LogP contribution in [0.5, 0.6) is 0 Å². The number of benzene rings is 1. The second kappa shape index (κ2) is 5.31. The molecular formula is C15H21NO3. The van der Waals surface area contributed by atoms with Crippen molar-refractivity contribution in [2.75, 3.05) is 13.7 Å². The zero-order chi connectivity index (χ0) is 14.0. The van der Waals surface area contributed by atoms with Crippen molar-refractivity contribution in [2.24, 2.45) is 5.92 Å². The van der Waals surface area contributed by atoms with Gasteiger partial charge in [-0.25, -0.2) is 0 Å². The molecule has 1 aromatic carbocycles. The fourth-order valence-corrected chi connectivity index (χ4v) is 2.77. The van der Waals surface area contributed by atoms with Gasteiger partial charge in [0, 0.05) is 7.05 Å². The highest BCUT2D eigenvalue weighted by atomic mass is 16.7. The SMILES string of the molecule is CCOC(=O)C1C(c2ccccc2)N(C)OC1(C)C. The fraction of sp³-hybridized carbons (Fsp3) is 0.533. The van der Waals surface area contributed by atoms with E-state index in [0.29, 0.717) is 6.61 Å². The van der Waals surface area contributed by atoms with Crippen molar-refractivity contribution in [3.63, 3.8) is 0 Å². The first-order valence-electron chi connectivity index (χ1n) is 6.61. The van der Waals surface area contributed by atoms with E-state index in [1.807, 2.05) is 58.2 Å². The Kier molecular flexibility index (Phi) is 3.92. The summed E-state index contributed by atoms with van der Waals surface area (Å²) in [4.78, 5) is 18.1. The van der Waals surface area contributed by atoms with Crippen LogP contribution in [0.3, 0.4) is 0 Å². The summed E-state index contributed by atoms with van der Waals surface area (Å²) in [6.45, 7) is 6.06. The number of rotatable bonds is 3. The lowest BCUT2D eigenvalue weighted by Crippen LogP contribution is -2.37. The molecular weight excluding hydrogens is 242 g/mol. The maximum atomic E-state index is 12.3. The quantitative estimate of drug-likeness (QED) is 0.786. The highest BCUT2D eigenvalue weighted by molar-refractivity contribution is 5.75. The Labute approximate surface area is 114 Å². The zero-order valence-electron chi connectivity index (χ0n) is 11.9. The van der Waals surface area contributed by atoms with Crippen LogP contribution in [-0.2, 0) is 14.4 Å². The molecule has 2 rings (SSSR count). The molecule has 0 radical (unpaired) electrons. The summed E-state index contributed by atoms with van der Waals surface area (Å²) in [5.74, 6) is -0.537. The Bertz CT molecular complexity index is 444. The summed E-state index contributed by atoms with van der Waals surface area (Å²) in [7, 11) is 1.86. The molecule has 1 heterocycles. The smallest absolute Gasteiger partial charge is 0.313 e. The molecule has 0 amide bonds. The third kappa shape index (κ3) is 2.65. The highest BCUT2D eigenvalue weighted by Crippen LogP contribution is 2.44. The van der Waals surface area contributed by atoms with Crippen molar-refractivity contribution in [2.45, 2.75) is 32.4 Å². The van der Waals surface area contributed by atoms with Gasteiger partial charge in [0.1, 0.15) is 5.92 Å². The predicted octanol–water partition coefficient (Wildman–Crippen LogP) is 2.56. The van der Waals surface area contributed by atoms with Gasteiger partial charge >= 0.3 is 5.97 Å². The first-order valence-corrected chi connectivity index (χ1v) is 6.61. The number of hydrogen-bond acceptors (Lipinski definition) is 4. The van der Waals surface area contributed by atoms with Crippen molar-refractivity contribution in [1.82, 2.24) is 5.06 Å². The number of hydrogen-bond donors (Lipinski definition) is 0. The standard InChI is InChI=1S/C15H21NO3/c1-5-18-14(17)12-13(11-9-7-6-8-10-11)16(4)19-15(12,2)3/h6-10,12-13H,5H2,1-4H3. The lowest BCUT2D eigenvalue weighted by molar-refractivity contribution is -0.182. The van der Waals surface area contributed by atoms with E-state index < -0.39 is 5.60 Å². The molecule has 1 aliphatic heterocycles. The van der Waals surface area contributed by atoms with Crippen LogP contribution in [0.25, 0.3) is 0 Å². The van der Waals surface area contributed by atoms with Crippen LogP contribution >= 0.6 is 0 Å². The molecule has 1 fully saturated rings. The Hall–Kier alpha value is -1.39. The van der Waals surface area contributed by atoms with E-state index >= 15 is 0 Å². The van der Waals surface area contributed by atoms with Gasteiger partial charge in [0.2, 0.25) is 0 Å². The number of nitrogens with zero attached hydrogens (tertiary/aromatic N) is 1. The minimum Gasteiger partial charge on any atom is -0.466 e. The van der Waals surface area contributed by atoms with Crippen molar-refractivity contribution in [1.29, 1.82) is 0 Å². The highest BCUT2D eigenvalue weighted by Gasteiger charge is 2.52. The lowest BCUT2D eigenvalue weighted by Gasteiger charge is -2.25. The average molecular weight is 263 g/mol. The van der Waals surface area contributed by atoms with Gasteiger partial charge in [-0.15, -0.1) is 0 Å². The Morgan fingerprint density at radius 2 is 2.00 bits per heavy atom. The third-order valence-corrected chi connectivity index (χ3v) is 3.52. The number of carbonyl (C=O) groups excluding carboxylic acids is 1. The molecule has 0 aromatic heterocycles. The molecule has 4 heteroatoms. The molecule has 2 unspecified atom stereocenters. The van der Waals surface area contributed by atoms with Gasteiger partial charge in [-0.3, -0.25) is 9.63 Å². The van der Waals surface area contributed by atoms with Crippen molar-refractivity contribution >= 4 is 5.97 Å². The number of ether oxygens (including phenoxy) is 1. The second-order valence-electron chi connectivity index (χ2n) is 5.33. The topological polar surface area (TPSA) is 38.8 Å². The van der Waals surface area contributed by atoms with Crippen LogP contribution in [0.1, 0.15) is 32.4 Å². The predicted molar refractivity (Wildman–Crippen MR) is 72.2 cm³/mol. The Morgan fingerprint density at radius 3 is 2.58 bits per heavy atom. The Balaban J connectivity index is 2.36. The van der Waals surface area contributed by atoms with Gasteiger partial charge in [-0.05, 0) is 26.3 Å². The molecule has 1 aromatic rings. The average Bonchev–Trinajstić information content (AvgIpc) is 2.60. The van der Waals surface area contributed by atoms with Gasteiger partial charge < -0.3 is 4.74 Å². The zero-order valence-corrected chi connectivity index (χ0v) is 11.9. The molecule has 1 saturated heterocycles. The second-order valence-corrected chi connectivity index (χ2v) is 5.33. The summed E-state index contributed by atoms with van der Waals surface area (Å²) in [5.41, 5.74) is 0.496. The van der Waals surface area contributed by atoms with Crippen LogP contribution in [0.15, 0.2) is 30.3 Å². The van der Waals surface area contributed by atoms with E-state index in [2.05, 4.69) is 0 Å². The van der Waals surface area contributed by atoms with Gasteiger partial charge in [0.15, 0.2) is 0 Å². The van der Waals surface area contributed by atoms with Crippen molar-refractivity contribution in [3.05, 3.63) is 35.9 Å². The van der Waals surface area contributed by atoms with Crippen LogP contribution < -0.4 is 0 Å². The van der Waals surface area contributed by atoms with E-state index in [-0.39, 0.29) is 17.9 Å². The van der Waals surface area contributed by atoms with Crippen LogP contribution in [0.4, 0.5) is 0 Å². The molecule has 0 saturated carbocycles. The molecule has 104 valence electrons. The molecule has 2 atom stereocenters. The van der Waals surface area contributed by atoms with Gasteiger partial charge in [0.25, 0.3) is 0 Å². The van der Waals surface area contributed by atoms with E-state index in [9.17, 15) is 4.79 Å². The number of hydroxylamine groups is 2. The molecule has 0 aliphatic carbocycles. The fourth-order valence-electron chi connectivity index (χ4n) is 2.77. The monoisotopic (exact) mass is 263 g/mol. The van der Waals surface area contributed by atoms with Gasteiger partial charge in [0.05, 0.1) is 18.2 Å². The largest absolute Gasteiger partial charge is 0.466 e. The summed E-state index contributed by atoms with van der Waals surface area (Å²) >= 11 is 0. The Morgan fingerprint density at radius 1 is 1.37 bits per heavy atom. The first kappa shape index (κ1) is 14.0. The van der Waals surface area contributed by atoms with Crippen LogP contribution in [0, 0.1) is 5.92 Å². The summed E-state index contributed by atoms with van der Waals surface area (Å²) in [6.07, 6.45) is 0. The van der Waals surface area contributed by atoms with E-state index in [4.69, 9.17) is 9.57 Å². The molecule has 0 bridgehead atoms. The van der Waals surface area contributed by atoms with Crippen molar-refractivity contribution < 1.29 is 14.4 Å². The van der Waals surface area contributed by atoms with Crippen LogP contribution in [0.2, 0.25) is 0 Å². The van der Waals surface area contributed by atoms with Crippen molar-refractivity contribution in [3.8, 4) is 0 Å². The molecule has 4 nitrogen and oxygen atoms in total. The van der Waals surface area contributed by atoms with Gasteiger partial charge in [-0.2, -0.15) is 5.06 Å². The minimum atomic E-state index is -0.568. The molecule has 1 aliphatic rings. The molecule has 0 N–H and O–H groups in total. The normalized spacial score (nSPS) is 26.3. The van der Waals surface area contributed by atoms with E-state index in [0.717, 1.165) is 5.56 Å². The first-order chi connectivity index (χ1) is 8.97. The van der Waals surface area contributed by atoms with Gasteiger partial charge in [-0.1, -0.05) is 30.3 Å². The third-order valence-electron chi connectivity index (χ3n) is 3.52. The molecule has 0 spiro atoms. The maximum absolute atomic E-state index is 12.3. The lowest BCUT2D eigenvalue weighted by atomic mass is 9.83. The van der Waals surface area contributed by atoms with E-state index in [1.54, 1.807) is 5.06 Å². The number of esters is 1. The number of carbonyl (C=O) groups is 1. The summed E-state index contributed by atoms with van der Waals surface area (Å²) < 4.78 is 5.22. The minimum absolute atomic E-state index is 0.116. The van der Waals surface area contributed by atoms with E-state index in [1.165, 1.54) is 0 Å². The van der Waals surface area contributed by atoms with Crippen LogP contribution in [-0.4, -0.2) is 30.3 Å².